The first-order valence-electron chi connectivity index (χ1n) is 15.7. The number of alkyl halides is 1. The van der Waals surface area contributed by atoms with E-state index in [-0.39, 0.29) is 24.0 Å². The monoisotopic (exact) mass is 747 g/mol. The van der Waals surface area contributed by atoms with Crippen molar-refractivity contribution in [1.82, 2.24) is 10.2 Å². The van der Waals surface area contributed by atoms with Crippen LogP contribution in [0.3, 0.4) is 0 Å². The maximum atomic E-state index is 13.1. The molecule has 1 unspecified atom stereocenters. The van der Waals surface area contributed by atoms with Crippen molar-refractivity contribution < 1.29 is 47.6 Å². The van der Waals surface area contributed by atoms with Crippen molar-refractivity contribution >= 4 is 51.9 Å². The number of piperidine rings is 1. The lowest BCUT2D eigenvalue weighted by molar-refractivity contribution is -0.136. The van der Waals surface area contributed by atoms with Gasteiger partial charge in [0.05, 0.1) is 83.8 Å². The molecule has 1 aromatic rings. The molecule has 3 rings (SSSR count). The third kappa shape index (κ3) is 13.2. The molecule has 14 heteroatoms. The molecule has 2 N–H and O–H groups in total. The zero-order chi connectivity index (χ0) is 32.1. The quantitative estimate of drug-likeness (QED) is 0.0624. The second kappa shape index (κ2) is 22.3. The van der Waals surface area contributed by atoms with Crippen LogP contribution in [0.15, 0.2) is 18.2 Å². The first-order valence-corrected chi connectivity index (χ1v) is 17.2. The van der Waals surface area contributed by atoms with Crippen molar-refractivity contribution in [2.75, 3.05) is 95.6 Å². The third-order valence-corrected chi connectivity index (χ3v) is 7.83. The van der Waals surface area contributed by atoms with Crippen LogP contribution in [-0.4, -0.2) is 125 Å². The van der Waals surface area contributed by atoms with E-state index in [0.717, 1.165) is 17.9 Å². The lowest BCUT2D eigenvalue weighted by Crippen LogP contribution is -2.54. The summed E-state index contributed by atoms with van der Waals surface area (Å²) in [7, 11) is 0. The average Bonchev–Trinajstić information content (AvgIpc) is 3.29. The predicted molar refractivity (Wildman–Crippen MR) is 174 cm³/mol. The highest BCUT2D eigenvalue weighted by molar-refractivity contribution is 14.1. The van der Waals surface area contributed by atoms with Gasteiger partial charge in [-0.2, -0.15) is 0 Å². The van der Waals surface area contributed by atoms with Gasteiger partial charge < -0.3 is 33.7 Å². The second-order valence-corrected chi connectivity index (χ2v) is 11.5. The minimum atomic E-state index is -1.000. The van der Waals surface area contributed by atoms with Gasteiger partial charge in [-0.3, -0.25) is 29.4 Å². The van der Waals surface area contributed by atoms with Gasteiger partial charge in [-0.25, -0.2) is 0 Å². The number of halogens is 1. The van der Waals surface area contributed by atoms with Crippen molar-refractivity contribution in [2.45, 2.75) is 44.6 Å². The van der Waals surface area contributed by atoms with Crippen molar-refractivity contribution in [1.29, 1.82) is 0 Å². The third-order valence-electron chi connectivity index (χ3n) is 7.06. The molecule has 2 heterocycles. The summed E-state index contributed by atoms with van der Waals surface area (Å²) in [4.78, 5) is 50.7. The fraction of sp³-hybridized carbons (Fsp3) is 0.677. The van der Waals surface area contributed by atoms with Gasteiger partial charge >= 0.3 is 0 Å². The first kappa shape index (κ1) is 37.2. The standard InChI is InChI=1S/C31H46IN3O10/c32-10-3-1-2-4-12-40-14-16-42-18-20-44-22-23-45-21-19-43-17-15-41-13-11-33-25-7-5-6-24-28(25)31(39)35(30(24)38)26-8-9-27(36)34-29(26)37/h5-7,26,33H,1-4,8-23H2,(H,34,36,37). The molecule has 13 nitrogen and oxygen atoms in total. The van der Waals surface area contributed by atoms with Crippen LogP contribution in [0.4, 0.5) is 5.69 Å². The molecule has 0 bridgehead atoms. The Hall–Kier alpha value is -2.21. The number of nitrogens with zero attached hydrogens (tertiary/aromatic N) is 1. The van der Waals surface area contributed by atoms with Gasteiger partial charge in [-0.15, -0.1) is 0 Å². The number of carbonyl (C=O) groups is 4. The largest absolute Gasteiger partial charge is 0.382 e. The average molecular weight is 748 g/mol. The Balaban J connectivity index is 1.12. The Kier molecular flexibility index (Phi) is 18.5. The summed E-state index contributed by atoms with van der Waals surface area (Å²) in [5.74, 6) is -2.14. The number of carbonyl (C=O) groups excluding carboxylic acids is 4. The van der Waals surface area contributed by atoms with E-state index in [1.165, 1.54) is 23.7 Å². The summed E-state index contributed by atoms with van der Waals surface area (Å²) in [5.41, 5.74) is 0.937. The van der Waals surface area contributed by atoms with Crippen molar-refractivity contribution in [2.24, 2.45) is 0 Å². The molecule has 2 aliphatic rings. The van der Waals surface area contributed by atoms with E-state index in [1.54, 1.807) is 18.2 Å². The molecular weight excluding hydrogens is 701 g/mol. The fourth-order valence-corrected chi connectivity index (χ4v) is 5.31. The van der Waals surface area contributed by atoms with Gasteiger partial charge in [-0.1, -0.05) is 41.5 Å². The molecule has 1 atom stereocenters. The minimum absolute atomic E-state index is 0.0740. The number of imide groups is 2. The van der Waals surface area contributed by atoms with Gasteiger partial charge in [-0.05, 0) is 35.8 Å². The van der Waals surface area contributed by atoms with Crippen LogP contribution < -0.4 is 10.6 Å². The highest BCUT2D eigenvalue weighted by atomic mass is 127. The van der Waals surface area contributed by atoms with Gasteiger partial charge in [0.1, 0.15) is 6.04 Å². The summed E-state index contributed by atoms with van der Waals surface area (Å²) in [6.07, 6.45) is 5.09. The van der Waals surface area contributed by atoms with E-state index in [0.29, 0.717) is 84.9 Å². The summed E-state index contributed by atoms with van der Waals surface area (Å²) in [5, 5.41) is 5.33. The maximum Gasteiger partial charge on any atom is 0.264 e. The van der Waals surface area contributed by atoms with E-state index in [4.69, 9.17) is 28.4 Å². The molecule has 4 amide bonds. The molecule has 45 heavy (non-hydrogen) atoms. The van der Waals surface area contributed by atoms with Crippen LogP contribution >= 0.6 is 22.6 Å². The van der Waals surface area contributed by atoms with Crippen LogP contribution in [0.2, 0.25) is 0 Å². The minimum Gasteiger partial charge on any atom is -0.382 e. The van der Waals surface area contributed by atoms with Crippen LogP contribution in [0.1, 0.15) is 59.2 Å². The Bertz CT molecular complexity index is 1080. The topological polar surface area (TPSA) is 151 Å². The van der Waals surface area contributed by atoms with Crippen LogP contribution in [0, 0.1) is 0 Å². The number of rotatable bonds is 26. The van der Waals surface area contributed by atoms with Crippen molar-refractivity contribution in [3.63, 3.8) is 0 Å². The summed E-state index contributed by atoms with van der Waals surface area (Å²) >= 11 is 2.41. The van der Waals surface area contributed by atoms with Gasteiger partial charge in [0, 0.05) is 25.3 Å². The van der Waals surface area contributed by atoms with E-state index in [9.17, 15) is 19.2 Å². The zero-order valence-corrected chi connectivity index (χ0v) is 28.0. The zero-order valence-electron chi connectivity index (χ0n) is 25.9. The van der Waals surface area contributed by atoms with Crippen LogP contribution in [0.25, 0.3) is 0 Å². The molecule has 252 valence electrons. The number of hydrogen-bond donors (Lipinski definition) is 2. The Morgan fingerprint density at radius 1 is 0.711 bits per heavy atom. The lowest BCUT2D eigenvalue weighted by atomic mass is 10.0. The Labute approximate surface area is 278 Å². The van der Waals surface area contributed by atoms with Gasteiger partial charge in [0.25, 0.3) is 11.8 Å². The Morgan fingerprint density at radius 2 is 1.27 bits per heavy atom. The van der Waals surface area contributed by atoms with E-state index < -0.39 is 29.7 Å². The smallest absolute Gasteiger partial charge is 0.264 e. The number of unbranched alkanes of at least 4 members (excludes halogenated alkanes) is 3. The molecule has 0 aromatic heterocycles. The molecular formula is C31H46IN3O10. The number of benzene rings is 1. The molecule has 0 radical (unpaired) electrons. The fourth-order valence-electron chi connectivity index (χ4n) is 4.77. The number of anilines is 1. The molecule has 1 saturated heterocycles. The van der Waals surface area contributed by atoms with Crippen LogP contribution in [0.5, 0.6) is 0 Å². The number of fused-ring (bicyclic) bond motifs is 1. The van der Waals surface area contributed by atoms with Gasteiger partial charge in [0.2, 0.25) is 11.8 Å². The molecule has 2 aliphatic heterocycles. The lowest BCUT2D eigenvalue weighted by Gasteiger charge is -2.27. The number of nitrogens with one attached hydrogen (secondary N) is 2. The highest BCUT2D eigenvalue weighted by Gasteiger charge is 2.45. The second-order valence-electron chi connectivity index (χ2n) is 10.4. The highest BCUT2D eigenvalue weighted by Crippen LogP contribution is 2.32. The first-order chi connectivity index (χ1) is 22.0. The normalized spacial score (nSPS) is 16.4. The SMILES string of the molecule is O=C1CCC(N2C(=O)c3cccc(NCCOCCOCCOCCOCCOCCOCCCCCCI)c3C2=O)C(=O)N1. The predicted octanol–water partition coefficient (Wildman–Crippen LogP) is 2.59. The number of ether oxygens (including phenoxy) is 6. The Morgan fingerprint density at radius 3 is 1.84 bits per heavy atom. The molecule has 1 aromatic carbocycles. The summed E-state index contributed by atoms with van der Waals surface area (Å²) in [6, 6.07) is 3.93. The number of amides is 4. The van der Waals surface area contributed by atoms with E-state index in [1.807, 2.05) is 0 Å². The molecule has 0 spiro atoms. The van der Waals surface area contributed by atoms with Crippen molar-refractivity contribution in [3.05, 3.63) is 29.3 Å². The van der Waals surface area contributed by atoms with Crippen LogP contribution in [-0.2, 0) is 38.0 Å². The summed E-state index contributed by atoms with van der Waals surface area (Å²) in [6.45, 7) is 6.48. The number of hydrogen-bond acceptors (Lipinski definition) is 11. The van der Waals surface area contributed by atoms with E-state index in [2.05, 4.69) is 33.2 Å². The molecule has 0 saturated carbocycles. The van der Waals surface area contributed by atoms with Crippen molar-refractivity contribution in [3.8, 4) is 0 Å². The van der Waals surface area contributed by atoms with Gasteiger partial charge in [0.15, 0.2) is 0 Å². The maximum absolute atomic E-state index is 13.1. The molecule has 1 fully saturated rings. The summed E-state index contributed by atoms with van der Waals surface area (Å²) < 4.78 is 34.3. The van der Waals surface area contributed by atoms with E-state index >= 15 is 0 Å². The molecule has 0 aliphatic carbocycles.